The van der Waals surface area contributed by atoms with Crippen molar-refractivity contribution in [2.75, 3.05) is 18.4 Å². The van der Waals surface area contributed by atoms with Crippen molar-refractivity contribution in [2.45, 2.75) is 45.6 Å². The number of aromatic nitrogens is 1. The highest BCUT2D eigenvalue weighted by Crippen LogP contribution is 2.30. The predicted octanol–water partition coefficient (Wildman–Crippen LogP) is 7.30. The van der Waals surface area contributed by atoms with Crippen molar-refractivity contribution >= 4 is 46.0 Å². The van der Waals surface area contributed by atoms with Gasteiger partial charge in [0.15, 0.2) is 5.13 Å². The summed E-state index contributed by atoms with van der Waals surface area (Å²) in [5.74, 6) is -0.773. The van der Waals surface area contributed by atoms with Gasteiger partial charge in [0, 0.05) is 33.5 Å². The summed E-state index contributed by atoms with van der Waals surface area (Å²) in [4.78, 5) is 42.1. The van der Waals surface area contributed by atoms with Crippen molar-refractivity contribution in [3.63, 3.8) is 0 Å². The average molecular weight is 619 g/mol. The van der Waals surface area contributed by atoms with Crippen LogP contribution in [0.2, 0.25) is 5.02 Å². The van der Waals surface area contributed by atoms with Crippen LogP contribution < -0.4 is 16.0 Å². The third-order valence-electron chi connectivity index (χ3n) is 6.46. The lowest BCUT2D eigenvalue weighted by Gasteiger charge is -2.27. The van der Waals surface area contributed by atoms with E-state index < -0.39 is 17.1 Å². The van der Waals surface area contributed by atoms with E-state index in [0.29, 0.717) is 22.3 Å². The van der Waals surface area contributed by atoms with Crippen LogP contribution >= 0.6 is 22.9 Å². The minimum absolute atomic E-state index is 0.216. The predicted molar refractivity (Wildman–Crippen MR) is 173 cm³/mol. The Morgan fingerprint density at radius 1 is 0.860 bits per heavy atom. The van der Waals surface area contributed by atoms with Gasteiger partial charge in [-0.25, -0.2) is 9.78 Å². The Kier molecular flexibility index (Phi) is 9.88. The third kappa shape index (κ3) is 9.14. The number of halogens is 1. The Bertz CT molecular complexity index is 1630. The highest BCUT2D eigenvalue weighted by atomic mass is 35.5. The molecule has 43 heavy (non-hydrogen) atoms. The van der Waals surface area contributed by atoms with Gasteiger partial charge in [-0.1, -0.05) is 67.9 Å². The van der Waals surface area contributed by atoms with Crippen LogP contribution in [0.4, 0.5) is 9.93 Å². The first-order valence-corrected chi connectivity index (χ1v) is 15.0. The molecule has 224 valence electrons. The molecule has 3 N–H and O–H groups in total. The summed E-state index contributed by atoms with van der Waals surface area (Å²) in [6.45, 7) is 9.43. The number of alkyl carbamates (subject to hydrolysis) is 1. The zero-order valence-corrected chi connectivity index (χ0v) is 26.4. The second-order valence-electron chi connectivity index (χ2n) is 11.7. The molecule has 0 saturated carbocycles. The summed E-state index contributed by atoms with van der Waals surface area (Å²) in [5.41, 5.74) is 3.85. The fourth-order valence-electron chi connectivity index (χ4n) is 4.21. The van der Waals surface area contributed by atoms with Gasteiger partial charge in [0.25, 0.3) is 5.91 Å². The van der Waals surface area contributed by atoms with Crippen molar-refractivity contribution < 1.29 is 19.1 Å². The number of hydrogen-bond donors (Lipinski definition) is 3. The fourth-order valence-corrected chi connectivity index (χ4v) is 5.13. The zero-order chi connectivity index (χ0) is 31.2. The van der Waals surface area contributed by atoms with Gasteiger partial charge in [0.05, 0.1) is 12.2 Å². The highest BCUT2D eigenvalue weighted by Gasteiger charge is 2.24. The van der Waals surface area contributed by atoms with Gasteiger partial charge in [-0.2, -0.15) is 0 Å². The number of benzene rings is 3. The second kappa shape index (κ2) is 13.4. The minimum atomic E-state index is -0.593. The first-order valence-electron chi connectivity index (χ1n) is 13.8. The van der Waals surface area contributed by atoms with Crippen LogP contribution in [0.15, 0.2) is 78.2 Å². The van der Waals surface area contributed by atoms with Gasteiger partial charge in [-0.05, 0) is 67.8 Å². The first kappa shape index (κ1) is 31.7. The van der Waals surface area contributed by atoms with Crippen LogP contribution in [-0.4, -0.2) is 41.6 Å². The van der Waals surface area contributed by atoms with E-state index in [0.717, 1.165) is 27.9 Å². The molecule has 0 aliphatic heterocycles. The standard InChI is InChI=1S/C33H35ClN4O4S/c1-32(2,3)42-31(41)36-20-33(4,5)25-13-7-12-24(16-25)29(40)35-18-28(39)38-30-37-27(19-43-30)23-11-6-9-21(15-23)22-10-8-14-26(34)17-22/h6-17,19H,18,20H2,1-5H3,(H,35,40)(H,36,41)(H,37,38,39). The molecule has 0 aliphatic carbocycles. The maximum absolute atomic E-state index is 12.9. The molecule has 0 aliphatic rings. The largest absolute Gasteiger partial charge is 0.444 e. The van der Waals surface area contributed by atoms with Crippen molar-refractivity contribution in [2.24, 2.45) is 0 Å². The number of anilines is 1. The summed E-state index contributed by atoms with van der Waals surface area (Å²) in [6, 6.07) is 22.7. The molecule has 0 unspecified atom stereocenters. The topological polar surface area (TPSA) is 109 Å². The molecule has 4 aromatic rings. The molecule has 0 saturated heterocycles. The summed E-state index contributed by atoms with van der Waals surface area (Å²) in [6.07, 6.45) is -0.501. The van der Waals surface area contributed by atoms with Crippen LogP contribution in [-0.2, 0) is 14.9 Å². The van der Waals surface area contributed by atoms with Crippen LogP contribution in [0.1, 0.15) is 50.5 Å². The number of nitrogens with zero attached hydrogens (tertiary/aromatic N) is 1. The number of amides is 3. The minimum Gasteiger partial charge on any atom is -0.444 e. The Hall–Kier alpha value is -4.21. The molecule has 3 amide bonds. The highest BCUT2D eigenvalue weighted by molar-refractivity contribution is 7.14. The SMILES string of the molecule is CC(C)(C)OC(=O)NCC(C)(C)c1cccc(C(=O)NCC(=O)Nc2nc(-c3cccc(-c4cccc(Cl)c4)c3)cs2)c1. The van der Waals surface area contributed by atoms with Crippen molar-refractivity contribution in [1.29, 1.82) is 0 Å². The molecule has 4 rings (SSSR count). The van der Waals surface area contributed by atoms with E-state index in [9.17, 15) is 14.4 Å². The van der Waals surface area contributed by atoms with Crippen LogP contribution in [0.5, 0.6) is 0 Å². The molecule has 0 radical (unpaired) electrons. The van der Waals surface area contributed by atoms with E-state index in [4.69, 9.17) is 16.3 Å². The molecule has 0 fully saturated rings. The van der Waals surface area contributed by atoms with Crippen LogP contribution in [0.25, 0.3) is 22.4 Å². The fraction of sp³-hybridized carbons (Fsp3) is 0.273. The van der Waals surface area contributed by atoms with Gasteiger partial charge in [-0.15, -0.1) is 11.3 Å². The van der Waals surface area contributed by atoms with Gasteiger partial charge in [0.2, 0.25) is 5.91 Å². The molecule has 10 heteroatoms. The summed E-state index contributed by atoms with van der Waals surface area (Å²) in [5, 5.41) is 11.2. The van der Waals surface area contributed by atoms with Crippen molar-refractivity contribution in [3.05, 3.63) is 94.3 Å². The summed E-state index contributed by atoms with van der Waals surface area (Å²) in [7, 11) is 0. The molecule has 0 spiro atoms. The van der Waals surface area contributed by atoms with Crippen LogP contribution in [0.3, 0.4) is 0 Å². The number of carbonyl (C=O) groups excluding carboxylic acids is 3. The maximum atomic E-state index is 12.9. The van der Waals surface area contributed by atoms with E-state index in [2.05, 4.69) is 20.9 Å². The Morgan fingerprint density at radius 2 is 1.53 bits per heavy atom. The van der Waals surface area contributed by atoms with Gasteiger partial charge < -0.3 is 20.7 Å². The molecular formula is C33H35ClN4O4S. The number of nitrogens with one attached hydrogen (secondary N) is 3. The van der Waals surface area contributed by atoms with E-state index in [-0.39, 0.29) is 18.4 Å². The van der Waals surface area contributed by atoms with E-state index >= 15 is 0 Å². The molecule has 3 aromatic carbocycles. The molecule has 1 heterocycles. The van der Waals surface area contributed by atoms with E-state index in [1.807, 2.05) is 73.8 Å². The Morgan fingerprint density at radius 3 is 2.26 bits per heavy atom. The number of thiazole rings is 1. The summed E-state index contributed by atoms with van der Waals surface area (Å²) >= 11 is 7.46. The third-order valence-corrected chi connectivity index (χ3v) is 7.45. The summed E-state index contributed by atoms with van der Waals surface area (Å²) < 4.78 is 5.32. The number of ether oxygens (including phenoxy) is 1. The van der Waals surface area contributed by atoms with Gasteiger partial charge >= 0.3 is 6.09 Å². The number of rotatable bonds is 9. The molecule has 1 aromatic heterocycles. The maximum Gasteiger partial charge on any atom is 0.407 e. The normalized spacial score (nSPS) is 11.5. The molecule has 0 atom stereocenters. The second-order valence-corrected chi connectivity index (χ2v) is 13.0. The van der Waals surface area contributed by atoms with Gasteiger partial charge in [-0.3, -0.25) is 9.59 Å². The molecule has 0 bridgehead atoms. The Balaban J connectivity index is 1.32. The quantitative estimate of drug-likeness (QED) is 0.182. The van der Waals surface area contributed by atoms with Crippen molar-refractivity contribution in [3.8, 4) is 22.4 Å². The van der Waals surface area contributed by atoms with E-state index in [1.165, 1.54) is 11.3 Å². The van der Waals surface area contributed by atoms with E-state index in [1.54, 1.807) is 39.0 Å². The first-order chi connectivity index (χ1) is 20.3. The lowest BCUT2D eigenvalue weighted by molar-refractivity contribution is -0.115. The van der Waals surface area contributed by atoms with Crippen molar-refractivity contribution in [1.82, 2.24) is 15.6 Å². The molecular weight excluding hydrogens is 584 g/mol. The van der Waals surface area contributed by atoms with Gasteiger partial charge in [0.1, 0.15) is 5.60 Å². The number of hydrogen-bond acceptors (Lipinski definition) is 6. The zero-order valence-electron chi connectivity index (χ0n) is 24.8. The number of carbonyl (C=O) groups is 3. The lowest BCUT2D eigenvalue weighted by atomic mass is 9.84. The lowest BCUT2D eigenvalue weighted by Crippen LogP contribution is -2.40. The average Bonchev–Trinajstić information content (AvgIpc) is 3.42. The van der Waals surface area contributed by atoms with Crippen LogP contribution in [0, 0.1) is 0 Å². The Labute approximate surface area is 260 Å². The smallest absolute Gasteiger partial charge is 0.407 e. The molecule has 8 nitrogen and oxygen atoms in total. The monoisotopic (exact) mass is 618 g/mol.